The van der Waals surface area contributed by atoms with Crippen LogP contribution < -0.4 is 62.5 Å². The van der Waals surface area contributed by atoms with E-state index in [4.69, 9.17) is 33.0 Å². The van der Waals surface area contributed by atoms with Gasteiger partial charge < -0.3 is 78.9 Å². The molecule has 632 valence electrons. The van der Waals surface area contributed by atoms with E-state index in [1.807, 2.05) is 92.9 Å². The third-order valence-corrected chi connectivity index (χ3v) is 24.1. The fourth-order valence-electron chi connectivity index (χ4n) is 15.6. The van der Waals surface area contributed by atoms with Crippen LogP contribution in [0.3, 0.4) is 0 Å². The molecule has 0 aliphatic carbocycles. The van der Waals surface area contributed by atoms with Crippen molar-refractivity contribution < 1.29 is 110 Å². The largest absolute Gasteiger partial charge is 1.00 e. The zero-order valence-electron chi connectivity index (χ0n) is 67.9. The van der Waals surface area contributed by atoms with Crippen LogP contribution in [-0.2, 0) is 76.0 Å². The van der Waals surface area contributed by atoms with E-state index in [0.29, 0.717) is 105 Å². The Balaban J connectivity index is 0.000000142. The summed E-state index contributed by atoms with van der Waals surface area (Å²) in [6.07, 6.45) is 16.5. The number of ether oxygens (including phenoxy) is 5. The van der Waals surface area contributed by atoms with E-state index >= 15 is 0 Å². The van der Waals surface area contributed by atoms with Crippen molar-refractivity contribution in [2.75, 3.05) is 60.8 Å². The molecule has 4 saturated heterocycles. The van der Waals surface area contributed by atoms with E-state index in [2.05, 4.69) is 31.2 Å². The zero-order valence-corrected chi connectivity index (χ0v) is 70.3. The van der Waals surface area contributed by atoms with Crippen LogP contribution in [0.5, 0.6) is 17.2 Å². The number of carbonyl (C=O) groups excluding carboxylic acids is 3. The molecule has 13 heterocycles. The Morgan fingerprint density at radius 3 is 1.22 bits per heavy atom. The van der Waals surface area contributed by atoms with E-state index in [0.717, 1.165) is 47.3 Å². The van der Waals surface area contributed by atoms with E-state index < -0.39 is 86.8 Å². The summed E-state index contributed by atoms with van der Waals surface area (Å²) in [4.78, 5) is 83.9. The normalized spacial score (nSPS) is 19.5. The maximum Gasteiger partial charge on any atom is 1.00 e. The number of likely N-dealkylation sites (N-methyl/N-ethyl adjacent to an activating group) is 3. The van der Waals surface area contributed by atoms with Crippen molar-refractivity contribution in [1.82, 2.24) is 57.7 Å². The Bertz CT molecular complexity index is 5940. The van der Waals surface area contributed by atoms with Crippen LogP contribution in [0.25, 0.3) is 22.3 Å². The third kappa shape index (κ3) is 17.8. The number of hydrogen-bond donors (Lipinski definition) is 1. The Hall–Kier alpha value is -10.8. The molecule has 7 aliphatic rings. The van der Waals surface area contributed by atoms with Crippen LogP contribution in [0.2, 0.25) is 0 Å². The molecule has 36 heteroatoms. The average Bonchev–Trinajstić information content (AvgIpc) is 1.62. The number of amides is 3. The van der Waals surface area contributed by atoms with Crippen molar-refractivity contribution in [2.24, 2.45) is 0 Å². The smallest absolute Gasteiger partial charge is 1.00 e. The molecule has 5 aromatic carbocycles. The van der Waals surface area contributed by atoms with Gasteiger partial charge >= 0.3 is 26.0 Å². The predicted molar refractivity (Wildman–Crippen MR) is 431 cm³/mol. The molecule has 122 heavy (non-hydrogen) atoms. The fraction of sp³-hybridized carbons (Fsp3) is 0.337. The molecule has 7 aliphatic heterocycles. The van der Waals surface area contributed by atoms with Crippen molar-refractivity contribution in [3.05, 3.63) is 286 Å². The molecule has 3 spiro atoms. The number of aromatic nitrogens is 9. The van der Waals surface area contributed by atoms with Gasteiger partial charge in [-0.15, -0.1) is 0 Å². The van der Waals surface area contributed by atoms with Gasteiger partial charge in [0.15, 0.2) is 34.3 Å². The molecule has 0 radical (unpaired) electrons. The first kappa shape index (κ1) is 89.0. The Morgan fingerprint density at radius 2 is 0.828 bits per heavy atom. The number of hydrogen-bond acceptors (Lipinski definition) is 17. The molecule has 11 aromatic rings. The van der Waals surface area contributed by atoms with Gasteiger partial charge in [0.2, 0.25) is 16.3 Å². The molecular formula is C86H84BBrClF6LiN12O14. The topological polar surface area (TPSA) is 265 Å². The van der Waals surface area contributed by atoms with Crippen LogP contribution in [0, 0.1) is 34.9 Å². The summed E-state index contributed by atoms with van der Waals surface area (Å²) in [5, 5.41) is 23.3. The number of nitrogens with zero attached hydrogens (tertiary/aromatic N) is 12. The zero-order chi connectivity index (χ0) is 84.9. The quantitative estimate of drug-likeness (QED) is 0.107. The van der Waals surface area contributed by atoms with Crippen LogP contribution in [0.15, 0.2) is 190 Å². The standard InChI is InChI=1S/C29H26F2N4O4.C22H20F2N4O4.C19H19BrN2O4.C16H19BF2N2O2.ClH.Li/c1-33-28(37)25-27(39-16-19-5-3-2-4-6-19)26(36)23(15-34(25)17-29(33)9-10-38-18-29)21-12-32-35(14-21)13-20-7-8-22(30)11-24(20)31;1-26-21(31)18-20(30)19(29)16(10-27(18)11-22(26)4-5-32-12-22)14-7-25-28(9-14)8-13-2-3-15(23)6-17(13)24;1-21-18(24)15-17(26-10-13-5-3-2-4-6-13)16(23)14(20)9-22(15)11-19(21)7-8-25-12-19;1-15(2)16(3,4)23-17(22-15)12-8-20-21(10-12)9-11-5-6-13(18)7-14(11)19;;/h2-8,11-12,14-15H,9-10,13,16-18H2,1H3;2-3,6-7,9-10,30H,4-5,8,11-12H2,1H3;2-6,9H,7-8,10-12H2,1H3;5-8,10H,9H2,1-4H3;1H;/q;;;;;+1/p-1. The second-order valence-corrected chi connectivity index (χ2v) is 32.7. The Kier molecular flexibility index (Phi) is 26.2. The molecule has 26 nitrogen and oxygen atoms in total. The second kappa shape index (κ2) is 35.9. The first-order valence-corrected chi connectivity index (χ1v) is 39.5. The molecule has 3 unspecified atom stereocenters. The van der Waals surface area contributed by atoms with Crippen molar-refractivity contribution in [3.8, 4) is 39.5 Å². The molecule has 1 N–H and O–H groups in total. The average molecular weight is 1760 g/mol. The Morgan fingerprint density at radius 1 is 0.467 bits per heavy atom. The van der Waals surface area contributed by atoms with Crippen LogP contribution in [-0.4, -0.2) is 176 Å². The van der Waals surface area contributed by atoms with Crippen molar-refractivity contribution in [3.63, 3.8) is 0 Å². The first-order valence-electron chi connectivity index (χ1n) is 38.7. The SMILES string of the molecule is CC1(C)OB(c2cnn(Cc3ccc(F)cc3F)c2)OC1(C)C.CN1C(=O)c2c(O)c(=O)c(-c3cnn(Cc4ccc(F)cc4F)c3)cn2CC12CCOC2.CN1C(=O)c2c(OCc3ccccc3)c(=O)c(-c3cnn(Cc4ccc(F)cc4F)c3)cn2CC12CCOC2.CN1C(=O)c2c(OCc3ccccc3)c(=O)c(Br)cn2CC12CCOC2.[Cl-].[Li+]. The summed E-state index contributed by atoms with van der Waals surface area (Å²) in [7, 11) is 4.65. The van der Waals surface area contributed by atoms with Crippen molar-refractivity contribution in [1.29, 1.82) is 0 Å². The number of halogens is 8. The first-order chi connectivity index (χ1) is 57.3. The summed E-state index contributed by atoms with van der Waals surface area (Å²) in [6, 6.07) is 29.1. The summed E-state index contributed by atoms with van der Waals surface area (Å²) in [6.45, 7) is 12.9. The molecule has 18 rings (SSSR count). The third-order valence-electron chi connectivity index (χ3n) is 23.5. The number of carbonyl (C=O) groups is 3. The number of rotatable bonds is 15. The molecule has 4 fully saturated rings. The minimum atomic E-state index is -0.694. The molecule has 3 atom stereocenters. The molecule has 6 aromatic heterocycles. The van der Waals surface area contributed by atoms with E-state index in [9.17, 15) is 60.2 Å². The maximum absolute atomic E-state index is 14.2. The van der Waals surface area contributed by atoms with Gasteiger partial charge in [0.1, 0.15) is 48.1 Å². The van der Waals surface area contributed by atoms with Crippen molar-refractivity contribution in [2.45, 2.75) is 127 Å². The van der Waals surface area contributed by atoms with Crippen LogP contribution in [0.1, 0.15) is 106 Å². The summed E-state index contributed by atoms with van der Waals surface area (Å²) >= 11 is 3.31. The fourth-order valence-corrected chi connectivity index (χ4v) is 16.1. The van der Waals surface area contributed by atoms with Gasteiger partial charge in [-0.25, -0.2) is 26.3 Å². The van der Waals surface area contributed by atoms with E-state index in [1.165, 1.54) is 58.3 Å². The van der Waals surface area contributed by atoms with Gasteiger partial charge in [0.05, 0.1) is 95.3 Å². The summed E-state index contributed by atoms with van der Waals surface area (Å²) in [5.74, 6) is -5.39. The summed E-state index contributed by atoms with van der Waals surface area (Å²) in [5.41, 5.74) is 1.53. The van der Waals surface area contributed by atoms with E-state index in [-0.39, 0.29) is 126 Å². The van der Waals surface area contributed by atoms with Gasteiger partial charge in [-0.3, -0.25) is 42.8 Å². The number of pyridine rings is 3. The van der Waals surface area contributed by atoms with Gasteiger partial charge in [0, 0.05) is 155 Å². The molecular weight excluding hydrogens is 1670 g/mol. The second-order valence-electron chi connectivity index (χ2n) is 31.8. The van der Waals surface area contributed by atoms with Crippen LogP contribution >= 0.6 is 15.9 Å². The number of aromatic hydroxyl groups is 1. The Labute approximate surface area is 723 Å². The van der Waals surface area contributed by atoms with Gasteiger partial charge in [-0.05, 0) is 92.2 Å². The minimum Gasteiger partial charge on any atom is -1.00 e. The molecule has 0 bridgehead atoms. The molecule has 0 saturated carbocycles. The van der Waals surface area contributed by atoms with Gasteiger partial charge in [-0.1, -0.05) is 78.9 Å². The van der Waals surface area contributed by atoms with Crippen LogP contribution in [0.4, 0.5) is 26.3 Å². The van der Waals surface area contributed by atoms with Crippen molar-refractivity contribution >= 4 is 46.2 Å². The summed E-state index contributed by atoms with van der Waals surface area (Å²) < 4.78 is 132. The van der Waals surface area contributed by atoms with Gasteiger partial charge in [-0.2, -0.15) is 15.3 Å². The molecule has 3 amide bonds. The van der Waals surface area contributed by atoms with Gasteiger partial charge in [0.25, 0.3) is 17.7 Å². The number of benzene rings is 5. The maximum atomic E-state index is 14.2. The monoisotopic (exact) mass is 1750 g/mol. The minimum absolute atomic E-state index is 0. The van der Waals surface area contributed by atoms with E-state index in [1.54, 1.807) is 86.8 Å². The predicted octanol–water partition coefficient (Wildman–Crippen LogP) is 4.80. The number of fused-ring (bicyclic) bond motifs is 3.